The van der Waals surface area contributed by atoms with Crippen molar-refractivity contribution in [1.82, 2.24) is 15.3 Å². The van der Waals surface area contributed by atoms with Gasteiger partial charge in [0.2, 0.25) is 5.91 Å². The van der Waals surface area contributed by atoms with Crippen molar-refractivity contribution >= 4 is 16.9 Å². The molecule has 0 unspecified atom stereocenters. The molecule has 1 aliphatic carbocycles. The van der Waals surface area contributed by atoms with E-state index in [4.69, 9.17) is 5.73 Å². The van der Waals surface area contributed by atoms with E-state index in [0.29, 0.717) is 19.0 Å². The van der Waals surface area contributed by atoms with E-state index in [1.165, 1.54) is 0 Å². The average Bonchev–Trinajstić information content (AvgIpc) is 3.12. The van der Waals surface area contributed by atoms with E-state index in [2.05, 4.69) is 15.3 Å². The van der Waals surface area contributed by atoms with Gasteiger partial charge in [-0.3, -0.25) is 4.79 Å². The standard InChI is InChI=1S/C16H22N4O/c17-10-11-4-3-5-12(11)16(21)18-9-8-15-19-13-6-1-2-7-14(13)20-15/h1-2,6-7,11-12H,3-5,8-10,17H2,(H,18,21)(H,19,20)/t11-,12-/m1/s1. The van der Waals surface area contributed by atoms with Crippen LogP contribution in [0.2, 0.25) is 0 Å². The Labute approximate surface area is 124 Å². The SMILES string of the molecule is NC[C@H]1CCC[C@H]1C(=O)NCCc1nc2ccccc2[nH]1. The number of nitrogens with one attached hydrogen (secondary N) is 2. The fraction of sp³-hybridized carbons (Fsp3) is 0.500. The maximum Gasteiger partial charge on any atom is 0.223 e. The lowest BCUT2D eigenvalue weighted by Gasteiger charge is -2.17. The normalized spacial score (nSPS) is 21.8. The van der Waals surface area contributed by atoms with Crippen LogP contribution in [0.15, 0.2) is 24.3 Å². The van der Waals surface area contributed by atoms with Crippen LogP contribution in [-0.4, -0.2) is 29.0 Å². The molecule has 0 aliphatic heterocycles. The minimum absolute atomic E-state index is 0.102. The summed E-state index contributed by atoms with van der Waals surface area (Å²) in [5, 5.41) is 3.03. The number of aromatic nitrogens is 2. The number of imidazole rings is 1. The summed E-state index contributed by atoms with van der Waals surface area (Å²) in [4.78, 5) is 20.0. The molecule has 5 nitrogen and oxygen atoms in total. The highest BCUT2D eigenvalue weighted by atomic mass is 16.1. The van der Waals surface area contributed by atoms with Crippen molar-refractivity contribution in [1.29, 1.82) is 0 Å². The third-order valence-electron chi connectivity index (χ3n) is 4.40. The van der Waals surface area contributed by atoms with Crippen LogP contribution < -0.4 is 11.1 Å². The molecule has 0 radical (unpaired) electrons. The van der Waals surface area contributed by atoms with Gasteiger partial charge in [-0.25, -0.2) is 4.98 Å². The first-order valence-electron chi connectivity index (χ1n) is 7.69. The number of H-pyrrole nitrogens is 1. The van der Waals surface area contributed by atoms with Crippen LogP contribution in [0.25, 0.3) is 11.0 Å². The van der Waals surface area contributed by atoms with E-state index in [1.54, 1.807) is 0 Å². The Morgan fingerprint density at radius 2 is 2.24 bits per heavy atom. The molecule has 4 N–H and O–H groups in total. The van der Waals surface area contributed by atoms with Gasteiger partial charge in [0.15, 0.2) is 0 Å². The number of para-hydroxylation sites is 2. The number of nitrogens with two attached hydrogens (primary N) is 1. The molecule has 1 aromatic carbocycles. The molecule has 112 valence electrons. The number of hydrogen-bond acceptors (Lipinski definition) is 3. The Hall–Kier alpha value is -1.88. The maximum absolute atomic E-state index is 12.2. The minimum atomic E-state index is 0.102. The number of hydrogen-bond donors (Lipinski definition) is 3. The molecule has 1 amide bonds. The molecule has 21 heavy (non-hydrogen) atoms. The summed E-state index contributed by atoms with van der Waals surface area (Å²) in [6, 6.07) is 7.95. The number of aromatic amines is 1. The number of carbonyl (C=O) groups is 1. The van der Waals surface area contributed by atoms with Crippen molar-refractivity contribution in [3.8, 4) is 0 Å². The van der Waals surface area contributed by atoms with Crippen molar-refractivity contribution in [2.24, 2.45) is 17.6 Å². The molecule has 0 spiro atoms. The van der Waals surface area contributed by atoms with Gasteiger partial charge in [-0.05, 0) is 37.4 Å². The zero-order chi connectivity index (χ0) is 14.7. The molecule has 0 bridgehead atoms. The summed E-state index contributed by atoms with van der Waals surface area (Å²) in [5.41, 5.74) is 7.74. The number of amides is 1. The van der Waals surface area contributed by atoms with Gasteiger partial charge in [0, 0.05) is 18.9 Å². The second-order valence-corrected chi connectivity index (χ2v) is 5.77. The molecule has 2 atom stereocenters. The number of rotatable bonds is 5. The van der Waals surface area contributed by atoms with Gasteiger partial charge >= 0.3 is 0 Å². The maximum atomic E-state index is 12.2. The smallest absolute Gasteiger partial charge is 0.223 e. The van der Waals surface area contributed by atoms with Crippen LogP contribution >= 0.6 is 0 Å². The van der Waals surface area contributed by atoms with Crippen LogP contribution in [-0.2, 0) is 11.2 Å². The summed E-state index contributed by atoms with van der Waals surface area (Å²) < 4.78 is 0. The van der Waals surface area contributed by atoms with Crippen LogP contribution in [0.1, 0.15) is 25.1 Å². The molecular weight excluding hydrogens is 264 g/mol. The lowest BCUT2D eigenvalue weighted by atomic mass is 9.95. The molecule has 5 heteroatoms. The third-order valence-corrected chi connectivity index (χ3v) is 4.40. The fourth-order valence-corrected chi connectivity index (χ4v) is 3.22. The minimum Gasteiger partial charge on any atom is -0.355 e. The monoisotopic (exact) mass is 286 g/mol. The third kappa shape index (κ3) is 3.08. The molecule has 2 aromatic rings. The predicted molar refractivity (Wildman–Crippen MR) is 82.7 cm³/mol. The highest BCUT2D eigenvalue weighted by Crippen LogP contribution is 2.30. The van der Waals surface area contributed by atoms with Crippen LogP contribution in [0.3, 0.4) is 0 Å². The molecule has 1 heterocycles. The second kappa shape index (κ2) is 6.26. The van der Waals surface area contributed by atoms with E-state index in [-0.39, 0.29) is 11.8 Å². The summed E-state index contributed by atoms with van der Waals surface area (Å²) in [6.45, 7) is 1.23. The Kier molecular flexibility index (Phi) is 4.20. The van der Waals surface area contributed by atoms with Crippen molar-refractivity contribution < 1.29 is 4.79 Å². The quantitative estimate of drug-likeness (QED) is 0.780. The van der Waals surface area contributed by atoms with Gasteiger partial charge in [0.25, 0.3) is 0 Å². The van der Waals surface area contributed by atoms with E-state index in [1.807, 2.05) is 24.3 Å². The Balaban J connectivity index is 1.52. The van der Waals surface area contributed by atoms with Crippen LogP contribution in [0.4, 0.5) is 0 Å². The first-order chi connectivity index (χ1) is 10.3. The first-order valence-corrected chi connectivity index (χ1v) is 7.69. The van der Waals surface area contributed by atoms with Gasteiger partial charge in [-0.2, -0.15) is 0 Å². The van der Waals surface area contributed by atoms with Gasteiger partial charge < -0.3 is 16.0 Å². The molecule has 3 rings (SSSR count). The lowest BCUT2D eigenvalue weighted by Crippen LogP contribution is -2.36. The zero-order valence-electron chi connectivity index (χ0n) is 12.1. The molecular formula is C16H22N4O. The summed E-state index contributed by atoms with van der Waals surface area (Å²) in [5.74, 6) is 1.53. The van der Waals surface area contributed by atoms with E-state index >= 15 is 0 Å². The molecule has 1 saturated carbocycles. The number of carbonyl (C=O) groups excluding carboxylic acids is 1. The predicted octanol–water partition coefficient (Wildman–Crippen LogP) is 1.60. The average molecular weight is 286 g/mol. The highest BCUT2D eigenvalue weighted by molar-refractivity contribution is 5.79. The van der Waals surface area contributed by atoms with Crippen molar-refractivity contribution in [2.75, 3.05) is 13.1 Å². The van der Waals surface area contributed by atoms with Crippen molar-refractivity contribution in [3.63, 3.8) is 0 Å². The zero-order valence-corrected chi connectivity index (χ0v) is 12.1. The van der Waals surface area contributed by atoms with Gasteiger partial charge in [-0.1, -0.05) is 18.6 Å². The molecule has 1 aromatic heterocycles. The Morgan fingerprint density at radius 3 is 3.05 bits per heavy atom. The topological polar surface area (TPSA) is 83.8 Å². The van der Waals surface area contributed by atoms with Crippen molar-refractivity contribution in [2.45, 2.75) is 25.7 Å². The summed E-state index contributed by atoms with van der Waals surface area (Å²) >= 11 is 0. The highest BCUT2D eigenvalue weighted by Gasteiger charge is 2.31. The van der Waals surface area contributed by atoms with E-state index < -0.39 is 0 Å². The Morgan fingerprint density at radius 1 is 1.38 bits per heavy atom. The summed E-state index contributed by atoms with van der Waals surface area (Å²) in [7, 11) is 0. The van der Waals surface area contributed by atoms with Crippen LogP contribution in [0.5, 0.6) is 0 Å². The number of nitrogens with zero attached hydrogens (tertiary/aromatic N) is 1. The van der Waals surface area contributed by atoms with E-state index in [9.17, 15) is 4.79 Å². The fourth-order valence-electron chi connectivity index (χ4n) is 3.22. The first kappa shape index (κ1) is 14.1. The van der Waals surface area contributed by atoms with Gasteiger partial charge in [-0.15, -0.1) is 0 Å². The van der Waals surface area contributed by atoms with Crippen molar-refractivity contribution in [3.05, 3.63) is 30.1 Å². The van der Waals surface area contributed by atoms with Crippen LogP contribution in [0, 0.1) is 11.8 Å². The molecule has 1 aliphatic rings. The molecule has 0 saturated heterocycles. The largest absolute Gasteiger partial charge is 0.355 e. The Bertz CT molecular complexity index is 589. The summed E-state index contributed by atoms with van der Waals surface area (Å²) in [6.07, 6.45) is 3.89. The second-order valence-electron chi connectivity index (χ2n) is 5.77. The lowest BCUT2D eigenvalue weighted by molar-refractivity contribution is -0.125. The molecule has 1 fully saturated rings. The number of fused-ring (bicyclic) bond motifs is 1. The number of benzene rings is 1. The van der Waals surface area contributed by atoms with Gasteiger partial charge in [0.05, 0.1) is 11.0 Å². The van der Waals surface area contributed by atoms with E-state index in [0.717, 1.165) is 42.5 Å². The van der Waals surface area contributed by atoms with Gasteiger partial charge in [0.1, 0.15) is 5.82 Å².